The van der Waals surface area contributed by atoms with Crippen LogP contribution in [-0.4, -0.2) is 13.7 Å². The third kappa shape index (κ3) is 2.04. The van der Waals surface area contributed by atoms with E-state index in [1.807, 2.05) is 13.8 Å². The van der Waals surface area contributed by atoms with Crippen molar-refractivity contribution in [3.05, 3.63) is 29.6 Å². The quantitative estimate of drug-likeness (QED) is 0.805. The summed E-state index contributed by atoms with van der Waals surface area (Å²) in [6.45, 7) is 4.24. The predicted octanol–water partition coefficient (Wildman–Crippen LogP) is 2.07. The summed E-state index contributed by atoms with van der Waals surface area (Å²) in [5.41, 5.74) is 5.87. The van der Waals surface area contributed by atoms with E-state index < -0.39 is 0 Å². The van der Waals surface area contributed by atoms with Crippen molar-refractivity contribution in [2.24, 2.45) is 5.73 Å². The second-order valence-corrected chi connectivity index (χ2v) is 3.93. The number of benzene rings is 1. The third-order valence-corrected chi connectivity index (χ3v) is 2.42. The molecule has 1 aromatic rings. The minimum atomic E-state index is -0.337. The molecule has 0 heterocycles. The number of halogens is 1. The fourth-order valence-corrected chi connectivity index (χ4v) is 1.28. The SMILES string of the molecule is COc1ccc(C(C)(C)CN)c(F)c1. The number of methoxy groups -OCH3 is 1. The largest absolute Gasteiger partial charge is 0.497 e. The summed E-state index contributed by atoms with van der Waals surface area (Å²) in [7, 11) is 1.52. The number of ether oxygens (including phenoxy) is 1. The average molecular weight is 197 g/mol. The first-order valence-electron chi connectivity index (χ1n) is 4.55. The Balaban J connectivity index is 3.12. The Labute approximate surface area is 83.9 Å². The summed E-state index contributed by atoms with van der Waals surface area (Å²) >= 11 is 0. The molecule has 0 saturated heterocycles. The van der Waals surface area contributed by atoms with Crippen LogP contribution in [0.5, 0.6) is 5.75 Å². The number of nitrogens with two attached hydrogens (primary N) is 1. The molecule has 1 rings (SSSR count). The van der Waals surface area contributed by atoms with Crippen molar-refractivity contribution in [3.8, 4) is 5.75 Å². The van der Waals surface area contributed by atoms with Gasteiger partial charge in [-0.25, -0.2) is 4.39 Å². The van der Waals surface area contributed by atoms with Crippen LogP contribution in [0.25, 0.3) is 0 Å². The topological polar surface area (TPSA) is 35.2 Å². The molecule has 0 bridgehead atoms. The molecule has 0 aliphatic rings. The lowest BCUT2D eigenvalue weighted by atomic mass is 9.84. The van der Waals surface area contributed by atoms with Gasteiger partial charge in [-0.15, -0.1) is 0 Å². The van der Waals surface area contributed by atoms with Gasteiger partial charge < -0.3 is 10.5 Å². The lowest BCUT2D eigenvalue weighted by Crippen LogP contribution is -2.29. The molecule has 2 N–H and O–H groups in total. The predicted molar refractivity (Wildman–Crippen MR) is 55.0 cm³/mol. The van der Waals surface area contributed by atoms with Gasteiger partial charge in [0.2, 0.25) is 0 Å². The van der Waals surface area contributed by atoms with Crippen molar-refractivity contribution >= 4 is 0 Å². The Morgan fingerprint density at radius 3 is 2.50 bits per heavy atom. The molecule has 0 radical (unpaired) electrons. The monoisotopic (exact) mass is 197 g/mol. The molecule has 0 spiro atoms. The van der Waals surface area contributed by atoms with Crippen molar-refractivity contribution in [1.29, 1.82) is 0 Å². The summed E-state index contributed by atoms with van der Waals surface area (Å²) < 4.78 is 18.5. The van der Waals surface area contributed by atoms with Gasteiger partial charge >= 0.3 is 0 Å². The Bertz CT molecular complexity index is 323. The first-order valence-corrected chi connectivity index (χ1v) is 4.55. The lowest BCUT2D eigenvalue weighted by Gasteiger charge is -2.23. The molecular formula is C11H16FNO. The van der Waals surface area contributed by atoms with E-state index in [4.69, 9.17) is 10.5 Å². The zero-order valence-electron chi connectivity index (χ0n) is 8.80. The Kier molecular flexibility index (Phi) is 3.11. The van der Waals surface area contributed by atoms with Crippen molar-refractivity contribution in [3.63, 3.8) is 0 Å². The maximum Gasteiger partial charge on any atom is 0.130 e. The van der Waals surface area contributed by atoms with E-state index in [9.17, 15) is 4.39 Å². The van der Waals surface area contributed by atoms with Crippen LogP contribution >= 0.6 is 0 Å². The number of rotatable bonds is 3. The van der Waals surface area contributed by atoms with E-state index in [2.05, 4.69) is 0 Å². The molecule has 0 atom stereocenters. The molecular weight excluding hydrogens is 181 g/mol. The normalized spacial score (nSPS) is 11.5. The molecule has 78 valence electrons. The molecule has 0 aromatic heterocycles. The molecule has 0 fully saturated rings. The molecule has 0 unspecified atom stereocenters. The molecule has 0 amide bonds. The van der Waals surface area contributed by atoms with Crippen LogP contribution in [0.2, 0.25) is 0 Å². The van der Waals surface area contributed by atoms with Crippen LogP contribution in [0.4, 0.5) is 4.39 Å². The molecule has 2 nitrogen and oxygen atoms in total. The van der Waals surface area contributed by atoms with E-state index >= 15 is 0 Å². The van der Waals surface area contributed by atoms with Gasteiger partial charge in [0, 0.05) is 18.0 Å². The van der Waals surface area contributed by atoms with E-state index in [1.54, 1.807) is 12.1 Å². The Hall–Kier alpha value is -1.09. The van der Waals surface area contributed by atoms with Gasteiger partial charge in [-0.3, -0.25) is 0 Å². The molecule has 0 saturated carbocycles. The van der Waals surface area contributed by atoms with Gasteiger partial charge in [-0.1, -0.05) is 19.9 Å². The summed E-state index contributed by atoms with van der Waals surface area (Å²) in [5, 5.41) is 0. The van der Waals surface area contributed by atoms with E-state index in [-0.39, 0.29) is 11.2 Å². The second kappa shape index (κ2) is 3.96. The standard InChI is InChI=1S/C11H16FNO/c1-11(2,7-13)9-5-4-8(14-3)6-10(9)12/h4-6H,7,13H2,1-3H3. The minimum absolute atomic E-state index is 0.264. The smallest absolute Gasteiger partial charge is 0.130 e. The first-order chi connectivity index (χ1) is 6.51. The molecule has 3 heteroatoms. The zero-order chi connectivity index (χ0) is 10.8. The minimum Gasteiger partial charge on any atom is -0.497 e. The van der Waals surface area contributed by atoms with Gasteiger partial charge in [-0.2, -0.15) is 0 Å². The van der Waals surface area contributed by atoms with Crippen molar-refractivity contribution in [1.82, 2.24) is 0 Å². The highest BCUT2D eigenvalue weighted by atomic mass is 19.1. The van der Waals surface area contributed by atoms with Crippen molar-refractivity contribution in [2.45, 2.75) is 19.3 Å². The fourth-order valence-electron chi connectivity index (χ4n) is 1.28. The molecule has 1 aromatic carbocycles. The summed E-state index contributed by atoms with van der Waals surface area (Å²) in [5.74, 6) is 0.263. The molecule has 14 heavy (non-hydrogen) atoms. The van der Waals surface area contributed by atoms with Crippen LogP contribution < -0.4 is 10.5 Å². The number of hydrogen-bond donors (Lipinski definition) is 1. The van der Waals surface area contributed by atoms with Crippen LogP contribution in [-0.2, 0) is 5.41 Å². The summed E-state index contributed by atoms with van der Waals surface area (Å²) in [6, 6.07) is 4.85. The average Bonchev–Trinajstić information content (AvgIpc) is 2.17. The maximum absolute atomic E-state index is 13.6. The van der Waals surface area contributed by atoms with E-state index in [0.717, 1.165) is 0 Å². The fraction of sp³-hybridized carbons (Fsp3) is 0.455. The maximum atomic E-state index is 13.6. The number of hydrogen-bond acceptors (Lipinski definition) is 2. The molecule has 0 aliphatic heterocycles. The van der Waals surface area contributed by atoms with Gasteiger partial charge in [-0.05, 0) is 11.6 Å². The van der Waals surface area contributed by atoms with Crippen LogP contribution in [0, 0.1) is 5.82 Å². The third-order valence-electron chi connectivity index (χ3n) is 2.42. The van der Waals surface area contributed by atoms with E-state index in [1.165, 1.54) is 13.2 Å². The lowest BCUT2D eigenvalue weighted by molar-refractivity contribution is 0.408. The Morgan fingerprint density at radius 1 is 1.43 bits per heavy atom. The molecule has 0 aliphatic carbocycles. The highest BCUT2D eigenvalue weighted by molar-refractivity contribution is 5.33. The highest BCUT2D eigenvalue weighted by Gasteiger charge is 2.22. The Morgan fingerprint density at radius 2 is 2.07 bits per heavy atom. The van der Waals surface area contributed by atoms with Crippen LogP contribution in [0.15, 0.2) is 18.2 Å². The summed E-state index contributed by atoms with van der Waals surface area (Å²) in [4.78, 5) is 0. The van der Waals surface area contributed by atoms with Crippen molar-refractivity contribution < 1.29 is 9.13 Å². The van der Waals surface area contributed by atoms with Gasteiger partial charge in [0.05, 0.1) is 7.11 Å². The van der Waals surface area contributed by atoms with Gasteiger partial charge in [0.25, 0.3) is 0 Å². The van der Waals surface area contributed by atoms with Gasteiger partial charge in [0.15, 0.2) is 0 Å². The van der Waals surface area contributed by atoms with Gasteiger partial charge in [0.1, 0.15) is 11.6 Å². The van der Waals surface area contributed by atoms with Crippen LogP contribution in [0.1, 0.15) is 19.4 Å². The summed E-state index contributed by atoms with van der Waals surface area (Å²) in [6.07, 6.45) is 0. The first kappa shape index (κ1) is 11.0. The van der Waals surface area contributed by atoms with E-state index in [0.29, 0.717) is 17.9 Å². The zero-order valence-corrected chi connectivity index (χ0v) is 8.80. The highest BCUT2D eigenvalue weighted by Crippen LogP contribution is 2.27. The van der Waals surface area contributed by atoms with Crippen molar-refractivity contribution in [2.75, 3.05) is 13.7 Å². The van der Waals surface area contributed by atoms with Crippen LogP contribution in [0.3, 0.4) is 0 Å². The second-order valence-electron chi connectivity index (χ2n) is 3.93.